The van der Waals surface area contributed by atoms with E-state index in [-0.39, 0.29) is 11.6 Å². The van der Waals surface area contributed by atoms with E-state index in [9.17, 15) is 14.9 Å². The second-order valence-corrected chi connectivity index (χ2v) is 6.11. The summed E-state index contributed by atoms with van der Waals surface area (Å²) < 4.78 is 0.994. The molecule has 0 N–H and O–H groups in total. The number of benzene rings is 1. The minimum Gasteiger partial charge on any atom is -0.337 e. The zero-order valence-electron chi connectivity index (χ0n) is 10.6. The smallest absolute Gasteiger partial charge is 0.269 e. The summed E-state index contributed by atoms with van der Waals surface area (Å²) in [6, 6.07) is 7.58. The molecule has 0 atom stereocenters. The molecule has 0 spiro atoms. The number of thiophene rings is 1. The molecule has 2 rings (SSSR count). The number of rotatable bonds is 4. The van der Waals surface area contributed by atoms with Crippen LogP contribution < -0.4 is 0 Å². The van der Waals surface area contributed by atoms with Gasteiger partial charge in [-0.2, -0.15) is 0 Å². The number of amides is 1. The van der Waals surface area contributed by atoms with Gasteiger partial charge in [0.25, 0.3) is 11.6 Å². The van der Waals surface area contributed by atoms with Gasteiger partial charge in [-0.05, 0) is 34.1 Å². The Kier molecular flexibility index (Phi) is 4.51. The highest BCUT2D eigenvalue weighted by molar-refractivity contribution is 9.10. The summed E-state index contributed by atoms with van der Waals surface area (Å²) in [6.45, 7) is 0.506. The Hall–Kier alpha value is -1.73. The van der Waals surface area contributed by atoms with Crippen LogP contribution in [0, 0.1) is 10.1 Å². The lowest BCUT2D eigenvalue weighted by Gasteiger charge is -2.16. The number of non-ortho nitro benzene ring substituents is 1. The predicted octanol–water partition coefficient (Wildman–Crippen LogP) is 3.69. The Morgan fingerprint density at radius 1 is 1.40 bits per heavy atom. The van der Waals surface area contributed by atoms with Crippen molar-refractivity contribution in [3.8, 4) is 0 Å². The first-order chi connectivity index (χ1) is 9.47. The van der Waals surface area contributed by atoms with Gasteiger partial charge in [0.1, 0.15) is 0 Å². The van der Waals surface area contributed by atoms with E-state index in [1.165, 1.54) is 24.3 Å². The molecule has 1 aromatic carbocycles. The summed E-state index contributed by atoms with van der Waals surface area (Å²) in [4.78, 5) is 24.9. The fourth-order valence-electron chi connectivity index (χ4n) is 1.69. The molecule has 7 heteroatoms. The van der Waals surface area contributed by atoms with Crippen molar-refractivity contribution >= 4 is 38.9 Å². The summed E-state index contributed by atoms with van der Waals surface area (Å²) in [5.74, 6) is -0.163. The fraction of sp³-hybridized carbons (Fsp3) is 0.154. The molecular weight excluding hydrogens is 344 g/mol. The Balaban J connectivity index is 2.08. The van der Waals surface area contributed by atoms with Crippen LogP contribution in [0.4, 0.5) is 5.69 Å². The molecule has 0 unspecified atom stereocenters. The number of halogens is 1. The van der Waals surface area contributed by atoms with Crippen molar-refractivity contribution in [3.63, 3.8) is 0 Å². The van der Waals surface area contributed by atoms with E-state index in [4.69, 9.17) is 0 Å². The zero-order valence-corrected chi connectivity index (χ0v) is 13.0. The molecule has 0 fully saturated rings. The van der Waals surface area contributed by atoms with Gasteiger partial charge in [-0.15, -0.1) is 11.3 Å². The Morgan fingerprint density at radius 3 is 2.55 bits per heavy atom. The van der Waals surface area contributed by atoms with Gasteiger partial charge < -0.3 is 4.90 Å². The molecule has 1 amide bonds. The van der Waals surface area contributed by atoms with Gasteiger partial charge in [-0.3, -0.25) is 14.9 Å². The highest BCUT2D eigenvalue weighted by Gasteiger charge is 2.14. The first-order valence-corrected chi connectivity index (χ1v) is 7.37. The van der Waals surface area contributed by atoms with E-state index in [1.807, 2.05) is 11.4 Å². The lowest BCUT2D eigenvalue weighted by molar-refractivity contribution is -0.384. The molecule has 0 radical (unpaired) electrons. The summed E-state index contributed by atoms with van der Waals surface area (Å²) in [5, 5.41) is 12.5. The average Bonchev–Trinajstić information content (AvgIpc) is 2.83. The third-order valence-corrected chi connectivity index (χ3v) is 4.37. The highest BCUT2D eigenvalue weighted by Crippen LogP contribution is 2.21. The van der Waals surface area contributed by atoms with Crippen LogP contribution in [-0.2, 0) is 6.54 Å². The van der Waals surface area contributed by atoms with Crippen LogP contribution >= 0.6 is 27.3 Å². The first kappa shape index (κ1) is 14.7. The van der Waals surface area contributed by atoms with Gasteiger partial charge in [0.15, 0.2) is 0 Å². The standard InChI is InChI=1S/C13H11BrN2O3S/c1-15(7-12-6-10(14)8-20-12)13(17)9-2-4-11(5-3-9)16(18)19/h2-6,8H,7H2,1H3. The Labute approximate surface area is 128 Å². The Bertz CT molecular complexity index is 639. The van der Waals surface area contributed by atoms with Crippen LogP contribution in [-0.4, -0.2) is 22.8 Å². The van der Waals surface area contributed by atoms with Crippen molar-refractivity contribution in [1.82, 2.24) is 4.90 Å². The van der Waals surface area contributed by atoms with Crippen LogP contribution in [0.25, 0.3) is 0 Å². The molecule has 0 aliphatic heterocycles. The van der Waals surface area contributed by atoms with Crippen molar-refractivity contribution in [3.05, 3.63) is 60.7 Å². The van der Waals surface area contributed by atoms with E-state index in [1.54, 1.807) is 23.3 Å². The normalized spacial score (nSPS) is 10.3. The molecule has 2 aromatic rings. The molecule has 0 saturated carbocycles. The van der Waals surface area contributed by atoms with E-state index in [0.29, 0.717) is 12.1 Å². The lowest BCUT2D eigenvalue weighted by atomic mass is 10.2. The number of nitrogens with zero attached hydrogens (tertiary/aromatic N) is 2. The number of carbonyl (C=O) groups excluding carboxylic acids is 1. The molecule has 1 heterocycles. The van der Waals surface area contributed by atoms with Crippen molar-refractivity contribution in [1.29, 1.82) is 0 Å². The molecule has 104 valence electrons. The summed E-state index contributed by atoms with van der Waals surface area (Å²) >= 11 is 4.94. The lowest BCUT2D eigenvalue weighted by Crippen LogP contribution is -2.25. The molecule has 1 aromatic heterocycles. The van der Waals surface area contributed by atoms with Crippen molar-refractivity contribution in [2.24, 2.45) is 0 Å². The minimum atomic E-state index is -0.485. The molecule has 20 heavy (non-hydrogen) atoms. The largest absolute Gasteiger partial charge is 0.337 e. The number of carbonyl (C=O) groups is 1. The zero-order chi connectivity index (χ0) is 14.7. The fourth-order valence-corrected chi connectivity index (χ4v) is 3.19. The summed E-state index contributed by atoms with van der Waals surface area (Å²) in [6.07, 6.45) is 0. The third kappa shape index (κ3) is 3.43. The molecule has 0 saturated heterocycles. The number of nitro benzene ring substituents is 1. The SMILES string of the molecule is CN(Cc1cc(Br)cs1)C(=O)c1ccc([N+](=O)[O-])cc1. The summed E-state index contributed by atoms with van der Waals surface area (Å²) in [5.41, 5.74) is 0.417. The van der Waals surface area contributed by atoms with E-state index < -0.39 is 4.92 Å². The highest BCUT2D eigenvalue weighted by atomic mass is 79.9. The van der Waals surface area contributed by atoms with Crippen LogP contribution in [0.15, 0.2) is 40.2 Å². The number of hydrogen-bond acceptors (Lipinski definition) is 4. The number of nitro groups is 1. The van der Waals surface area contributed by atoms with E-state index >= 15 is 0 Å². The molecular formula is C13H11BrN2O3S. The Morgan fingerprint density at radius 2 is 2.05 bits per heavy atom. The molecule has 0 bridgehead atoms. The minimum absolute atomic E-state index is 0.0219. The van der Waals surface area contributed by atoms with Gasteiger partial charge >= 0.3 is 0 Å². The molecule has 0 aliphatic rings. The predicted molar refractivity (Wildman–Crippen MR) is 80.9 cm³/mol. The topological polar surface area (TPSA) is 63.5 Å². The maximum Gasteiger partial charge on any atom is 0.269 e. The van der Waals surface area contributed by atoms with E-state index in [2.05, 4.69) is 15.9 Å². The van der Waals surface area contributed by atoms with Crippen LogP contribution in [0.2, 0.25) is 0 Å². The monoisotopic (exact) mass is 354 g/mol. The summed E-state index contributed by atoms with van der Waals surface area (Å²) in [7, 11) is 1.71. The van der Waals surface area contributed by atoms with Crippen molar-refractivity contribution in [2.45, 2.75) is 6.54 Å². The maximum absolute atomic E-state index is 12.2. The second-order valence-electron chi connectivity index (χ2n) is 4.20. The molecule has 5 nitrogen and oxygen atoms in total. The van der Waals surface area contributed by atoms with Gasteiger partial charge in [0.2, 0.25) is 0 Å². The second kappa shape index (κ2) is 6.15. The van der Waals surface area contributed by atoms with Crippen molar-refractivity contribution in [2.75, 3.05) is 7.05 Å². The van der Waals surface area contributed by atoms with Crippen LogP contribution in [0.3, 0.4) is 0 Å². The van der Waals surface area contributed by atoms with Crippen LogP contribution in [0.5, 0.6) is 0 Å². The van der Waals surface area contributed by atoms with Gasteiger partial charge in [-0.25, -0.2) is 0 Å². The third-order valence-electron chi connectivity index (χ3n) is 2.69. The molecule has 0 aliphatic carbocycles. The van der Waals surface area contributed by atoms with Crippen molar-refractivity contribution < 1.29 is 9.72 Å². The van der Waals surface area contributed by atoms with Gasteiger partial charge in [0.05, 0.1) is 11.5 Å². The average molecular weight is 355 g/mol. The first-order valence-electron chi connectivity index (χ1n) is 5.70. The van der Waals surface area contributed by atoms with Gasteiger partial charge in [0, 0.05) is 39.5 Å². The van der Waals surface area contributed by atoms with Gasteiger partial charge in [-0.1, -0.05) is 0 Å². The maximum atomic E-state index is 12.2. The number of hydrogen-bond donors (Lipinski definition) is 0. The van der Waals surface area contributed by atoms with Crippen LogP contribution in [0.1, 0.15) is 15.2 Å². The quantitative estimate of drug-likeness (QED) is 0.621. The van der Waals surface area contributed by atoms with E-state index in [0.717, 1.165) is 9.35 Å².